The van der Waals surface area contributed by atoms with Gasteiger partial charge in [0.25, 0.3) is 0 Å². The van der Waals surface area contributed by atoms with Gasteiger partial charge < -0.3 is 20.3 Å². The van der Waals surface area contributed by atoms with Crippen LogP contribution in [0.3, 0.4) is 0 Å². The first-order valence-corrected chi connectivity index (χ1v) is 9.65. The number of nitrogens with one attached hydrogen (secondary N) is 2. The van der Waals surface area contributed by atoms with Crippen molar-refractivity contribution in [2.24, 2.45) is 0 Å². The number of para-hydroxylation sites is 2. The Morgan fingerprint density at radius 1 is 1.04 bits per heavy atom. The molecule has 144 valence electrons. The van der Waals surface area contributed by atoms with Crippen LogP contribution in [0.5, 0.6) is 0 Å². The number of rotatable bonds is 4. The molecule has 0 unspecified atom stereocenters. The first-order valence-electron chi connectivity index (χ1n) is 9.65. The molecule has 7 heteroatoms. The molecule has 1 saturated carbocycles. The second-order valence-corrected chi connectivity index (χ2v) is 8.38. The van der Waals surface area contributed by atoms with Crippen molar-refractivity contribution in [2.45, 2.75) is 57.7 Å². The first-order chi connectivity index (χ1) is 12.9. The molecule has 1 aliphatic heterocycles. The summed E-state index contributed by atoms with van der Waals surface area (Å²) in [6.45, 7) is 6.94. The maximum absolute atomic E-state index is 12.3. The van der Waals surface area contributed by atoms with E-state index in [0.29, 0.717) is 19.1 Å². The molecule has 0 bridgehead atoms. The molecule has 27 heavy (non-hydrogen) atoms. The summed E-state index contributed by atoms with van der Waals surface area (Å²) in [6.07, 6.45) is 2.94. The number of anilines is 2. The van der Waals surface area contributed by atoms with E-state index < -0.39 is 5.60 Å². The molecule has 2 heterocycles. The minimum absolute atomic E-state index is 0.132. The summed E-state index contributed by atoms with van der Waals surface area (Å²) >= 11 is 0. The lowest BCUT2D eigenvalue weighted by Gasteiger charge is -2.24. The molecule has 2 aliphatic rings. The molecule has 2 fully saturated rings. The van der Waals surface area contributed by atoms with Gasteiger partial charge in [0.15, 0.2) is 11.6 Å². The van der Waals surface area contributed by atoms with Crippen LogP contribution in [0.15, 0.2) is 24.3 Å². The predicted octanol–water partition coefficient (Wildman–Crippen LogP) is 3.63. The van der Waals surface area contributed by atoms with Gasteiger partial charge in [-0.05, 0) is 52.2 Å². The predicted molar refractivity (Wildman–Crippen MR) is 106 cm³/mol. The van der Waals surface area contributed by atoms with Crippen molar-refractivity contribution >= 4 is 28.8 Å². The molecule has 1 aliphatic carbocycles. The van der Waals surface area contributed by atoms with Gasteiger partial charge in [0.1, 0.15) is 5.60 Å². The largest absolute Gasteiger partial charge is 0.444 e. The van der Waals surface area contributed by atoms with E-state index in [-0.39, 0.29) is 12.1 Å². The SMILES string of the molecule is CC(C)(C)OC(=O)N1CC[C@H](Nc2nc3ccccc3nc2NC2CC2)C1. The Labute approximate surface area is 159 Å². The van der Waals surface area contributed by atoms with Crippen molar-refractivity contribution < 1.29 is 9.53 Å². The first kappa shape index (κ1) is 17.8. The molecule has 0 radical (unpaired) electrons. The quantitative estimate of drug-likeness (QED) is 0.857. The van der Waals surface area contributed by atoms with E-state index in [4.69, 9.17) is 14.7 Å². The maximum atomic E-state index is 12.3. The second-order valence-electron chi connectivity index (χ2n) is 8.38. The molecule has 2 N–H and O–H groups in total. The fraction of sp³-hybridized carbons (Fsp3) is 0.550. The monoisotopic (exact) mass is 369 g/mol. The normalized spacial score (nSPS) is 20.0. The molecule has 1 aromatic heterocycles. The van der Waals surface area contributed by atoms with Crippen molar-refractivity contribution in [3.8, 4) is 0 Å². The zero-order chi connectivity index (χ0) is 19.0. The van der Waals surface area contributed by atoms with Crippen LogP contribution in [-0.4, -0.2) is 51.7 Å². The Hall–Kier alpha value is -2.57. The summed E-state index contributed by atoms with van der Waals surface area (Å²) < 4.78 is 5.48. The van der Waals surface area contributed by atoms with Crippen molar-refractivity contribution in [1.29, 1.82) is 0 Å². The third kappa shape index (κ3) is 4.40. The van der Waals surface area contributed by atoms with Crippen LogP contribution in [0.1, 0.15) is 40.0 Å². The number of amides is 1. The number of hydrogen-bond donors (Lipinski definition) is 2. The van der Waals surface area contributed by atoms with Gasteiger partial charge >= 0.3 is 6.09 Å². The fourth-order valence-corrected chi connectivity index (χ4v) is 3.19. The minimum Gasteiger partial charge on any atom is -0.444 e. The molecule has 2 aromatic rings. The van der Waals surface area contributed by atoms with E-state index in [0.717, 1.165) is 29.1 Å². The van der Waals surface area contributed by atoms with Gasteiger partial charge in [0, 0.05) is 25.2 Å². The molecular weight excluding hydrogens is 342 g/mol. The van der Waals surface area contributed by atoms with Gasteiger partial charge in [-0.3, -0.25) is 0 Å². The summed E-state index contributed by atoms with van der Waals surface area (Å²) in [6, 6.07) is 8.51. The number of carbonyl (C=O) groups is 1. The zero-order valence-corrected chi connectivity index (χ0v) is 16.2. The van der Waals surface area contributed by atoms with Crippen LogP contribution in [0.4, 0.5) is 16.4 Å². The standard InChI is InChI=1S/C20H27N5O2/c1-20(2,3)27-19(26)25-11-10-14(12-25)22-18-17(21-13-8-9-13)23-15-6-4-5-7-16(15)24-18/h4-7,13-14H,8-12H2,1-3H3,(H,21,23)(H,22,24)/t14-/m0/s1. The van der Waals surface area contributed by atoms with E-state index >= 15 is 0 Å². The minimum atomic E-state index is -0.478. The summed E-state index contributed by atoms with van der Waals surface area (Å²) in [5.74, 6) is 1.56. The van der Waals surface area contributed by atoms with Gasteiger partial charge in [-0.2, -0.15) is 0 Å². The number of likely N-dealkylation sites (tertiary alicyclic amines) is 1. The van der Waals surface area contributed by atoms with E-state index in [9.17, 15) is 4.79 Å². The van der Waals surface area contributed by atoms with Crippen LogP contribution in [0, 0.1) is 0 Å². The third-order valence-electron chi connectivity index (χ3n) is 4.67. The van der Waals surface area contributed by atoms with Crippen LogP contribution < -0.4 is 10.6 Å². The van der Waals surface area contributed by atoms with Crippen molar-refractivity contribution in [3.63, 3.8) is 0 Å². The van der Waals surface area contributed by atoms with E-state index in [1.807, 2.05) is 45.0 Å². The Balaban J connectivity index is 1.48. The van der Waals surface area contributed by atoms with Gasteiger partial charge in [-0.15, -0.1) is 0 Å². The highest BCUT2D eigenvalue weighted by Gasteiger charge is 2.31. The fourth-order valence-electron chi connectivity index (χ4n) is 3.19. The molecule has 4 rings (SSSR count). The Bertz CT molecular complexity index is 844. The number of carbonyl (C=O) groups excluding carboxylic acids is 1. The number of hydrogen-bond acceptors (Lipinski definition) is 6. The van der Waals surface area contributed by atoms with Crippen molar-refractivity contribution in [3.05, 3.63) is 24.3 Å². The lowest BCUT2D eigenvalue weighted by molar-refractivity contribution is 0.0293. The number of ether oxygens (including phenoxy) is 1. The second kappa shape index (κ2) is 6.87. The lowest BCUT2D eigenvalue weighted by atomic mass is 10.2. The van der Waals surface area contributed by atoms with Gasteiger partial charge in [0.2, 0.25) is 0 Å². The van der Waals surface area contributed by atoms with Gasteiger partial charge in [-0.25, -0.2) is 14.8 Å². The van der Waals surface area contributed by atoms with Gasteiger partial charge in [0.05, 0.1) is 11.0 Å². The maximum Gasteiger partial charge on any atom is 0.410 e. The molecule has 1 saturated heterocycles. The highest BCUT2D eigenvalue weighted by atomic mass is 16.6. The summed E-state index contributed by atoms with van der Waals surface area (Å²) in [7, 11) is 0. The summed E-state index contributed by atoms with van der Waals surface area (Å²) in [4.78, 5) is 23.6. The Morgan fingerprint density at radius 3 is 2.19 bits per heavy atom. The van der Waals surface area contributed by atoms with E-state index in [1.165, 1.54) is 12.8 Å². The third-order valence-corrected chi connectivity index (χ3v) is 4.67. The van der Waals surface area contributed by atoms with E-state index in [1.54, 1.807) is 4.90 Å². The molecular formula is C20H27N5O2. The Morgan fingerprint density at radius 2 is 1.63 bits per heavy atom. The smallest absolute Gasteiger partial charge is 0.410 e. The van der Waals surface area contributed by atoms with Crippen LogP contribution >= 0.6 is 0 Å². The highest BCUT2D eigenvalue weighted by molar-refractivity contribution is 5.80. The number of nitrogens with zero attached hydrogens (tertiary/aromatic N) is 3. The average Bonchev–Trinajstić information content (AvgIpc) is 3.29. The topological polar surface area (TPSA) is 79.4 Å². The van der Waals surface area contributed by atoms with Crippen LogP contribution in [-0.2, 0) is 4.74 Å². The highest BCUT2D eigenvalue weighted by Crippen LogP contribution is 2.30. The Kier molecular flexibility index (Phi) is 4.53. The molecule has 1 aromatic carbocycles. The number of fused-ring (bicyclic) bond motifs is 1. The summed E-state index contributed by atoms with van der Waals surface area (Å²) in [5, 5.41) is 6.97. The van der Waals surface area contributed by atoms with Gasteiger partial charge in [-0.1, -0.05) is 12.1 Å². The molecule has 1 amide bonds. The van der Waals surface area contributed by atoms with Crippen LogP contribution in [0.2, 0.25) is 0 Å². The average molecular weight is 369 g/mol. The lowest BCUT2D eigenvalue weighted by Crippen LogP contribution is -2.36. The molecule has 0 spiro atoms. The van der Waals surface area contributed by atoms with Crippen LogP contribution in [0.25, 0.3) is 11.0 Å². The summed E-state index contributed by atoms with van der Waals surface area (Å²) in [5.41, 5.74) is 1.27. The molecule has 7 nitrogen and oxygen atoms in total. The van der Waals surface area contributed by atoms with E-state index in [2.05, 4.69) is 10.6 Å². The van der Waals surface area contributed by atoms with Crippen molar-refractivity contribution in [2.75, 3.05) is 23.7 Å². The number of aromatic nitrogens is 2. The van der Waals surface area contributed by atoms with Crippen molar-refractivity contribution in [1.82, 2.24) is 14.9 Å². The number of benzene rings is 1. The molecule has 1 atom stereocenters. The zero-order valence-electron chi connectivity index (χ0n) is 16.2.